The highest BCUT2D eigenvalue weighted by Gasteiger charge is 2.43. The average molecular weight is 545 g/mol. The first kappa shape index (κ1) is 20.8. The lowest BCUT2D eigenvalue weighted by atomic mass is 9.69. The number of rotatable bonds is 5. The molecule has 2 saturated heterocycles. The molecule has 1 saturated carbocycles. The lowest BCUT2D eigenvalue weighted by Gasteiger charge is -2.43. The number of piperidine rings is 2. The molecule has 10 heteroatoms. The number of amides is 4. The van der Waals surface area contributed by atoms with E-state index < -0.39 is 36.5 Å². The van der Waals surface area contributed by atoms with Crippen molar-refractivity contribution in [2.24, 2.45) is 5.41 Å². The molecule has 0 bridgehead atoms. The van der Waals surface area contributed by atoms with Crippen molar-refractivity contribution < 1.29 is 24.7 Å². The molecule has 2 aromatic heterocycles. The number of anilines is 1. The highest BCUT2D eigenvalue weighted by molar-refractivity contribution is 6.26. The van der Waals surface area contributed by atoms with Crippen LogP contribution in [0, 0.1) is 5.41 Å². The molecule has 2 unspecified atom stereocenters. The average Bonchev–Trinajstić information content (AvgIpc) is 3.58. The number of nitrogens with zero attached hydrogens (tertiary/aromatic N) is 5. The molecule has 1 aliphatic carbocycles. The molecule has 7 rings (SSSR count). The van der Waals surface area contributed by atoms with Crippen LogP contribution in [-0.4, -0.2) is 62.4 Å². The molecule has 5 heterocycles. The number of carbonyl (C=O) groups excluding carboxylic acids is 4. The van der Waals surface area contributed by atoms with Crippen LogP contribution in [0.4, 0.5) is 5.82 Å². The molecule has 3 fully saturated rings. The molecule has 40 heavy (non-hydrogen) atoms. The molecule has 1 aromatic carbocycles. The minimum atomic E-state index is -2.88. The fourth-order valence-corrected chi connectivity index (χ4v) is 6.36. The number of imide groups is 1. The van der Waals surface area contributed by atoms with E-state index in [4.69, 9.17) is 5.48 Å². The van der Waals surface area contributed by atoms with Crippen LogP contribution in [0.3, 0.4) is 0 Å². The standard InChI is InChI=1S/C30H32N6O4/c1-30(10-3-11-30)29(40)34-12-8-20(9-13-34)35-17-18(15-32-35)14-19-16-31-26-25-21(19)4-2-5-22(25)28(39)36(26)23-6-7-24(37)33-27(23)38/h2,4-5,15-17,20,23H,3,6-14H2,1H3,(H,33,37,38)/i6D,7D2,23D. The van der Waals surface area contributed by atoms with Crippen molar-refractivity contribution in [2.75, 3.05) is 18.0 Å². The maximum atomic E-state index is 13.6. The van der Waals surface area contributed by atoms with Crippen molar-refractivity contribution in [2.45, 2.75) is 70.3 Å². The number of hydrogen-bond acceptors (Lipinski definition) is 6. The van der Waals surface area contributed by atoms with Crippen LogP contribution >= 0.6 is 0 Å². The second-order valence-corrected chi connectivity index (χ2v) is 11.4. The monoisotopic (exact) mass is 544 g/mol. The van der Waals surface area contributed by atoms with Gasteiger partial charge in [0.25, 0.3) is 5.91 Å². The minimum Gasteiger partial charge on any atom is -0.342 e. The molecule has 2 atom stereocenters. The van der Waals surface area contributed by atoms with Crippen LogP contribution in [0.15, 0.2) is 36.8 Å². The zero-order chi connectivity index (χ0) is 31.2. The molecule has 4 amide bonds. The van der Waals surface area contributed by atoms with Gasteiger partial charge in [-0.3, -0.25) is 34.1 Å². The van der Waals surface area contributed by atoms with Gasteiger partial charge in [0, 0.05) is 53.2 Å². The molecule has 1 N–H and O–H groups in total. The summed E-state index contributed by atoms with van der Waals surface area (Å²) in [5.41, 5.74) is 1.70. The molecular formula is C30H32N6O4. The smallest absolute Gasteiger partial charge is 0.260 e. The number of benzene rings is 1. The highest BCUT2D eigenvalue weighted by atomic mass is 16.2. The van der Waals surface area contributed by atoms with E-state index in [9.17, 15) is 19.2 Å². The molecule has 4 aliphatic rings. The number of carbonyl (C=O) groups is 4. The number of aromatic nitrogens is 3. The highest BCUT2D eigenvalue weighted by Crippen LogP contribution is 2.43. The Morgan fingerprint density at radius 1 is 1.20 bits per heavy atom. The maximum absolute atomic E-state index is 13.6. The van der Waals surface area contributed by atoms with Crippen molar-refractivity contribution in [1.29, 1.82) is 0 Å². The van der Waals surface area contributed by atoms with Gasteiger partial charge in [-0.25, -0.2) is 4.98 Å². The third kappa shape index (κ3) is 3.91. The number of likely N-dealkylation sites (tertiary alicyclic amines) is 1. The Labute approximate surface area is 237 Å². The molecular weight excluding hydrogens is 508 g/mol. The van der Waals surface area contributed by atoms with Crippen molar-refractivity contribution in [3.8, 4) is 0 Å². The van der Waals surface area contributed by atoms with Gasteiger partial charge in [0.15, 0.2) is 0 Å². The van der Waals surface area contributed by atoms with Gasteiger partial charge in [0.05, 0.1) is 19.2 Å². The van der Waals surface area contributed by atoms with E-state index >= 15 is 0 Å². The summed E-state index contributed by atoms with van der Waals surface area (Å²) >= 11 is 0. The zero-order valence-electron chi connectivity index (χ0n) is 26.1. The van der Waals surface area contributed by atoms with Crippen LogP contribution in [0.1, 0.15) is 84.8 Å². The third-order valence-electron chi connectivity index (χ3n) is 8.81. The molecule has 3 aromatic rings. The fraction of sp³-hybridized carbons (Fsp3) is 0.467. The Morgan fingerprint density at radius 2 is 2.00 bits per heavy atom. The quantitative estimate of drug-likeness (QED) is 0.493. The van der Waals surface area contributed by atoms with Gasteiger partial charge in [-0.2, -0.15) is 5.10 Å². The molecule has 0 radical (unpaired) electrons. The van der Waals surface area contributed by atoms with Gasteiger partial charge in [0.1, 0.15) is 11.8 Å². The van der Waals surface area contributed by atoms with E-state index in [1.54, 1.807) is 24.5 Å². The van der Waals surface area contributed by atoms with Gasteiger partial charge in [-0.1, -0.05) is 25.5 Å². The van der Waals surface area contributed by atoms with Crippen molar-refractivity contribution in [3.05, 3.63) is 53.5 Å². The largest absolute Gasteiger partial charge is 0.342 e. The van der Waals surface area contributed by atoms with E-state index in [0.29, 0.717) is 30.3 Å². The zero-order valence-corrected chi connectivity index (χ0v) is 22.1. The topological polar surface area (TPSA) is 118 Å². The Kier molecular flexibility index (Phi) is 4.80. The van der Waals surface area contributed by atoms with E-state index in [1.807, 2.05) is 27.2 Å². The Morgan fingerprint density at radius 3 is 2.75 bits per heavy atom. The van der Waals surface area contributed by atoms with E-state index in [2.05, 4.69) is 17.0 Å². The van der Waals surface area contributed by atoms with Crippen LogP contribution in [0.2, 0.25) is 0 Å². The van der Waals surface area contributed by atoms with Crippen LogP contribution < -0.4 is 10.2 Å². The normalized spacial score (nSPS) is 28.9. The van der Waals surface area contributed by atoms with Gasteiger partial charge < -0.3 is 4.90 Å². The SMILES string of the molecule is [2H]C1C([2H])([2H])C(=O)NC(=O)C1([2H])N1C(=O)c2cccc3c(Cc4cnn(C5CCN(C(=O)C6(C)CCC6)CC5)c4)cnc1c23. The summed E-state index contributed by atoms with van der Waals surface area (Å²) in [5, 5.41) is 7.53. The first-order valence-corrected chi connectivity index (χ1v) is 13.7. The summed E-state index contributed by atoms with van der Waals surface area (Å²) in [7, 11) is 0. The fourth-order valence-electron chi connectivity index (χ4n) is 6.36. The molecule has 3 aliphatic heterocycles. The summed E-state index contributed by atoms with van der Waals surface area (Å²) in [6.45, 7) is 3.49. The predicted octanol–water partition coefficient (Wildman–Crippen LogP) is 3.14. The second-order valence-electron chi connectivity index (χ2n) is 11.4. The van der Waals surface area contributed by atoms with Crippen molar-refractivity contribution in [3.63, 3.8) is 0 Å². The first-order chi connectivity index (χ1) is 20.9. The Bertz CT molecular complexity index is 1750. The van der Waals surface area contributed by atoms with Crippen LogP contribution in [0.5, 0.6) is 0 Å². The minimum absolute atomic E-state index is 0.0235. The molecule has 10 nitrogen and oxygen atoms in total. The van der Waals surface area contributed by atoms with Gasteiger partial charge in [-0.15, -0.1) is 0 Å². The van der Waals surface area contributed by atoms with E-state index in [1.165, 1.54) is 0 Å². The number of nitrogens with one attached hydrogen (secondary N) is 1. The van der Waals surface area contributed by atoms with Crippen molar-refractivity contribution >= 4 is 40.2 Å². The maximum Gasteiger partial charge on any atom is 0.260 e. The summed E-state index contributed by atoms with van der Waals surface area (Å²) in [6, 6.07) is 2.47. The summed E-state index contributed by atoms with van der Waals surface area (Å²) in [6.07, 6.45) is 5.40. The van der Waals surface area contributed by atoms with E-state index in [0.717, 1.165) is 48.1 Å². The van der Waals surface area contributed by atoms with Crippen LogP contribution in [-0.2, 0) is 20.8 Å². The van der Waals surface area contributed by atoms with E-state index in [-0.39, 0.29) is 28.7 Å². The van der Waals surface area contributed by atoms with Crippen LogP contribution in [0.25, 0.3) is 10.8 Å². The summed E-state index contributed by atoms with van der Waals surface area (Å²) < 4.78 is 35.3. The number of pyridine rings is 1. The van der Waals surface area contributed by atoms with Gasteiger partial charge >= 0.3 is 0 Å². The molecule has 206 valence electrons. The number of hydrogen-bond donors (Lipinski definition) is 1. The third-order valence-corrected chi connectivity index (χ3v) is 8.81. The summed E-state index contributed by atoms with van der Waals surface area (Å²) in [4.78, 5) is 58.8. The van der Waals surface area contributed by atoms with Gasteiger partial charge in [0.2, 0.25) is 17.7 Å². The lowest BCUT2D eigenvalue weighted by Crippen LogP contribution is -2.53. The van der Waals surface area contributed by atoms with Gasteiger partial charge in [-0.05, 0) is 54.7 Å². The second kappa shape index (κ2) is 9.25. The molecule has 0 spiro atoms. The predicted molar refractivity (Wildman–Crippen MR) is 147 cm³/mol. The van der Waals surface area contributed by atoms with Crippen molar-refractivity contribution in [1.82, 2.24) is 25.0 Å². The Hall–Kier alpha value is -4.08. The first-order valence-electron chi connectivity index (χ1n) is 15.8. The summed E-state index contributed by atoms with van der Waals surface area (Å²) in [5.74, 6) is -3.08. The Balaban J connectivity index is 1.13. The lowest BCUT2D eigenvalue weighted by molar-refractivity contribution is -0.147.